The predicted octanol–water partition coefficient (Wildman–Crippen LogP) is 2.32. The maximum absolute atomic E-state index is 12.7. The average Bonchev–Trinajstić information content (AvgIpc) is 2.79. The van der Waals surface area contributed by atoms with Crippen molar-refractivity contribution in [2.45, 2.75) is 32.9 Å². The van der Waals surface area contributed by atoms with Gasteiger partial charge in [0.15, 0.2) is 0 Å². The quantitative estimate of drug-likeness (QED) is 0.696. The number of likely N-dealkylation sites (tertiary alicyclic amines) is 1. The second-order valence-electron chi connectivity index (χ2n) is 8.47. The highest BCUT2D eigenvalue weighted by molar-refractivity contribution is 6.35. The zero-order valence-electron chi connectivity index (χ0n) is 17.9. The molecule has 2 aromatic rings. The van der Waals surface area contributed by atoms with Crippen LogP contribution in [0.4, 0.5) is 0 Å². The van der Waals surface area contributed by atoms with E-state index in [2.05, 4.69) is 11.9 Å². The highest BCUT2D eigenvalue weighted by Gasteiger charge is 2.32. The fourth-order valence-electron chi connectivity index (χ4n) is 4.23. The molecule has 2 saturated heterocycles. The molecule has 0 saturated carbocycles. The van der Waals surface area contributed by atoms with Gasteiger partial charge in [-0.05, 0) is 48.6 Å². The summed E-state index contributed by atoms with van der Waals surface area (Å²) in [5, 5.41) is 0. The summed E-state index contributed by atoms with van der Waals surface area (Å²) in [6.45, 7) is 5.44. The molecular formula is C24H28N4O3. The van der Waals surface area contributed by atoms with Gasteiger partial charge < -0.3 is 14.7 Å². The van der Waals surface area contributed by atoms with Crippen molar-refractivity contribution in [1.29, 1.82) is 0 Å². The smallest absolute Gasteiger partial charge is 0.312 e. The minimum atomic E-state index is -0.497. The van der Waals surface area contributed by atoms with Gasteiger partial charge in [-0.15, -0.1) is 0 Å². The van der Waals surface area contributed by atoms with Crippen LogP contribution in [-0.2, 0) is 22.7 Å². The zero-order valence-corrected chi connectivity index (χ0v) is 17.9. The molecule has 0 aliphatic carbocycles. The number of piperazine rings is 1. The first-order chi connectivity index (χ1) is 15.0. The highest BCUT2D eigenvalue weighted by Crippen LogP contribution is 2.19. The summed E-state index contributed by atoms with van der Waals surface area (Å²) >= 11 is 0. The summed E-state index contributed by atoms with van der Waals surface area (Å²) in [6.07, 6.45) is 3.90. The first-order valence-corrected chi connectivity index (χ1v) is 10.9. The van der Waals surface area contributed by atoms with Crippen LogP contribution in [0.15, 0.2) is 48.7 Å². The molecule has 7 nitrogen and oxygen atoms in total. The van der Waals surface area contributed by atoms with E-state index in [1.54, 1.807) is 16.0 Å². The van der Waals surface area contributed by atoms with E-state index < -0.39 is 11.8 Å². The summed E-state index contributed by atoms with van der Waals surface area (Å²) in [6, 6.07) is 12.9. The molecule has 162 valence electrons. The van der Waals surface area contributed by atoms with Crippen LogP contribution < -0.4 is 0 Å². The van der Waals surface area contributed by atoms with Gasteiger partial charge in [0.25, 0.3) is 5.91 Å². The average molecular weight is 421 g/mol. The summed E-state index contributed by atoms with van der Waals surface area (Å²) < 4.78 is 0. The maximum Gasteiger partial charge on any atom is 0.312 e. The molecule has 4 rings (SSSR count). The lowest BCUT2D eigenvalue weighted by molar-refractivity contribution is -0.156. The van der Waals surface area contributed by atoms with Crippen LogP contribution in [0, 0.1) is 5.92 Å². The number of benzene rings is 1. The largest absolute Gasteiger partial charge is 0.338 e. The van der Waals surface area contributed by atoms with Crippen molar-refractivity contribution in [2.75, 3.05) is 26.2 Å². The number of hydrogen-bond donors (Lipinski definition) is 0. The number of pyridine rings is 1. The second kappa shape index (κ2) is 9.29. The molecule has 2 aliphatic heterocycles. The van der Waals surface area contributed by atoms with E-state index in [4.69, 9.17) is 0 Å². The number of aromatic nitrogens is 1. The van der Waals surface area contributed by atoms with Crippen LogP contribution in [0.1, 0.15) is 41.4 Å². The fraction of sp³-hybridized carbons (Fsp3) is 0.417. The van der Waals surface area contributed by atoms with Crippen molar-refractivity contribution in [2.24, 2.45) is 5.92 Å². The van der Waals surface area contributed by atoms with Crippen molar-refractivity contribution in [1.82, 2.24) is 19.7 Å². The van der Waals surface area contributed by atoms with Crippen molar-refractivity contribution >= 4 is 17.7 Å². The van der Waals surface area contributed by atoms with Gasteiger partial charge in [0.1, 0.15) is 0 Å². The summed E-state index contributed by atoms with van der Waals surface area (Å²) in [7, 11) is 0. The fourth-order valence-corrected chi connectivity index (χ4v) is 4.23. The van der Waals surface area contributed by atoms with E-state index in [9.17, 15) is 14.4 Å². The Morgan fingerprint density at radius 1 is 0.968 bits per heavy atom. The van der Waals surface area contributed by atoms with Crippen LogP contribution in [0.2, 0.25) is 0 Å². The lowest BCUT2D eigenvalue weighted by atomic mass is 9.99. The van der Waals surface area contributed by atoms with Crippen molar-refractivity contribution in [3.8, 4) is 0 Å². The molecule has 3 heterocycles. The lowest BCUT2D eigenvalue weighted by Crippen LogP contribution is -2.53. The number of piperidine rings is 1. The Morgan fingerprint density at radius 2 is 1.68 bits per heavy atom. The Bertz CT molecular complexity index is 945. The molecule has 3 amide bonds. The van der Waals surface area contributed by atoms with Gasteiger partial charge in [0.05, 0.1) is 12.2 Å². The van der Waals surface area contributed by atoms with E-state index in [1.807, 2.05) is 47.4 Å². The van der Waals surface area contributed by atoms with Crippen LogP contribution in [0.5, 0.6) is 0 Å². The van der Waals surface area contributed by atoms with E-state index in [0.29, 0.717) is 37.7 Å². The third-order valence-electron chi connectivity index (χ3n) is 5.99. The van der Waals surface area contributed by atoms with Crippen molar-refractivity contribution in [3.05, 3.63) is 65.5 Å². The minimum absolute atomic E-state index is 0.0625. The number of carbonyl (C=O) groups excluding carboxylic acids is 3. The van der Waals surface area contributed by atoms with Gasteiger partial charge in [-0.1, -0.05) is 25.1 Å². The Hall–Kier alpha value is -3.22. The molecule has 1 aromatic heterocycles. The van der Waals surface area contributed by atoms with E-state index >= 15 is 0 Å². The maximum atomic E-state index is 12.7. The van der Waals surface area contributed by atoms with E-state index in [1.165, 1.54) is 6.42 Å². The number of nitrogens with zero attached hydrogens (tertiary/aromatic N) is 4. The Kier molecular flexibility index (Phi) is 6.30. The Balaban J connectivity index is 1.34. The van der Waals surface area contributed by atoms with Crippen LogP contribution >= 0.6 is 0 Å². The van der Waals surface area contributed by atoms with Gasteiger partial charge in [-0.25, -0.2) is 0 Å². The van der Waals surface area contributed by atoms with Gasteiger partial charge in [0.2, 0.25) is 0 Å². The number of rotatable bonds is 5. The Labute approximate surface area is 182 Å². The highest BCUT2D eigenvalue weighted by atomic mass is 16.2. The molecule has 0 radical (unpaired) electrons. The zero-order chi connectivity index (χ0) is 21.8. The van der Waals surface area contributed by atoms with Gasteiger partial charge in [0, 0.05) is 44.5 Å². The van der Waals surface area contributed by atoms with Gasteiger partial charge in [-0.2, -0.15) is 0 Å². The predicted molar refractivity (Wildman–Crippen MR) is 116 cm³/mol. The van der Waals surface area contributed by atoms with Crippen molar-refractivity contribution < 1.29 is 14.4 Å². The third kappa shape index (κ3) is 4.93. The molecule has 1 aromatic carbocycles. The lowest BCUT2D eigenvalue weighted by Gasteiger charge is -2.33. The first kappa shape index (κ1) is 21.0. The number of carbonyl (C=O) groups is 3. The first-order valence-electron chi connectivity index (χ1n) is 10.9. The monoisotopic (exact) mass is 420 g/mol. The normalized spacial score (nSPS) is 19.6. The Morgan fingerprint density at radius 3 is 2.32 bits per heavy atom. The molecule has 2 fully saturated rings. The number of amides is 3. The van der Waals surface area contributed by atoms with Crippen molar-refractivity contribution in [3.63, 3.8) is 0 Å². The minimum Gasteiger partial charge on any atom is -0.338 e. The number of hydrogen-bond acceptors (Lipinski definition) is 4. The van der Waals surface area contributed by atoms with E-state index in [-0.39, 0.29) is 5.91 Å². The summed E-state index contributed by atoms with van der Waals surface area (Å²) in [5.74, 6) is -0.392. The molecule has 0 bridgehead atoms. The second-order valence-corrected chi connectivity index (χ2v) is 8.47. The molecular weight excluding hydrogens is 392 g/mol. The molecule has 7 heteroatoms. The van der Waals surface area contributed by atoms with Gasteiger partial charge >= 0.3 is 11.8 Å². The third-order valence-corrected chi connectivity index (χ3v) is 5.99. The molecule has 0 spiro atoms. The van der Waals surface area contributed by atoms with E-state index in [0.717, 1.165) is 30.8 Å². The summed E-state index contributed by atoms with van der Waals surface area (Å²) in [5.41, 5.74) is 2.34. The molecule has 0 unspecified atom stereocenters. The molecule has 0 N–H and O–H groups in total. The molecule has 1 atom stereocenters. The van der Waals surface area contributed by atoms with Gasteiger partial charge in [-0.3, -0.25) is 19.4 Å². The standard InChI is InChI=1S/C24H28N4O3/c1-18-5-4-12-26(15-18)22(29)20-9-7-19(8-10-20)16-27-13-14-28(24(31)23(27)30)17-21-6-2-3-11-25-21/h2-3,6-11,18H,4-5,12-17H2,1H3/t18-/m1/s1. The topological polar surface area (TPSA) is 73.8 Å². The van der Waals surface area contributed by atoms with Crippen LogP contribution in [-0.4, -0.2) is 63.6 Å². The van der Waals surface area contributed by atoms with Crippen LogP contribution in [0.25, 0.3) is 0 Å². The SMILES string of the molecule is C[C@@H]1CCCN(C(=O)c2ccc(CN3CCN(Cc4ccccn4)C(=O)C3=O)cc2)C1. The summed E-state index contributed by atoms with van der Waals surface area (Å²) in [4.78, 5) is 47.1. The molecule has 2 aliphatic rings. The van der Waals surface area contributed by atoms with Crippen LogP contribution in [0.3, 0.4) is 0 Å². The molecule has 31 heavy (non-hydrogen) atoms.